The molecule has 188 valence electrons. The van der Waals surface area contributed by atoms with Crippen LogP contribution >= 0.6 is 0 Å². The number of halogens is 1. The van der Waals surface area contributed by atoms with Crippen molar-refractivity contribution in [2.75, 3.05) is 36.4 Å². The van der Waals surface area contributed by atoms with Crippen LogP contribution in [0.5, 0.6) is 0 Å². The molecule has 3 aromatic carbocycles. The summed E-state index contributed by atoms with van der Waals surface area (Å²) >= 11 is 0. The predicted octanol–water partition coefficient (Wildman–Crippen LogP) is 4.48. The number of carbonyl (C=O) groups is 2. The van der Waals surface area contributed by atoms with Gasteiger partial charge in [-0.25, -0.2) is 4.39 Å². The Bertz CT molecular complexity index is 1180. The van der Waals surface area contributed by atoms with E-state index in [1.165, 1.54) is 17.7 Å². The summed E-state index contributed by atoms with van der Waals surface area (Å²) in [6.45, 7) is 3.82. The number of nitrogens with one attached hydrogen (secondary N) is 1. The van der Waals surface area contributed by atoms with Crippen molar-refractivity contribution >= 4 is 23.2 Å². The van der Waals surface area contributed by atoms with Crippen LogP contribution in [0.25, 0.3) is 0 Å². The molecule has 1 atom stereocenters. The van der Waals surface area contributed by atoms with E-state index in [-0.39, 0.29) is 11.5 Å². The number of hydrogen-bond acceptors (Lipinski definition) is 4. The van der Waals surface area contributed by atoms with Crippen molar-refractivity contribution in [3.63, 3.8) is 0 Å². The van der Waals surface area contributed by atoms with Crippen molar-refractivity contribution in [1.29, 1.82) is 0 Å². The number of aliphatic hydroxyl groups is 1. The van der Waals surface area contributed by atoms with E-state index in [4.69, 9.17) is 0 Å². The molecule has 2 N–H and O–H groups in total. The van der Waals surface area contributed by atoms with Crippen LogP contribution in [-0.2, 0) is 16.0 Å². The molecule has 1 unspecified atom stereocenters. The van der Waals surface area contributed by atoms with E-state index in [0.29, 0.717) is 32.6 Å². The summed E-state index contributed by atoms with van der Waals surface area (Å²) in [5.74, 6) is -1.06. The van der Waals surface area contributed by atoms with Gasteiger partial charge in [-0.2, -0.15) is 0 Å². The molecule has 1 saturated heterocycles. The molecule has 0 aromatic heterocycles. The summed E-state index contributed by atoms with van der Waals surface area (Å²) in [5.41, 5.74) is 3.71. The van der Waals surface area contributed by atoms with Crippen LogP contribution in [0.2, 0.25) is 0 Å². The van der Waals surface area contributed by atoms with E-state index in [2.05, 4.69) is 22.3 Å². The predicted molar refractivity (Wildman–Crippen MR) is 139 cm³/mol. The third kappa shape index (κ3) is 6.49. The monoisotopic (exact) mass is 489 g/mol. The maximum Gasteiger partial charge on any atom is 0.256 e. The zero-order valence-electron chi connectivity index (χ0n) is 20.5. The first-order chi connectivity index (χ1) is 17.4. The summed E-state index contributed by atoms with van der Waals surface area (Å²) in [6.07, 6.45) is 0.624. The smallest absolute Gasteiger partial charge is 0.256 e. The molecule has 0 spiro atoms. The van der Waals surface area contributed by atoms with Gasteiger partial charge in [0.05, 0.1) is 0 Å². The molecule has 2 amide bonds. The fourth-order valence-corrected chi connectivity index (χ4v) is 4.42. The first kappa shape index (κ1) is 25.4. The minimum atomic E-state index is -1.51. The standard InChI is InChI=1S/C29H32FN3O3/c1-21-10-15-25(26(30)20-21)28(35)29(36)33-18-16-32(17-19-33)24-13-11-23(12-14-24)31-27(34)9-5-8-22-6-3-2-4-7-22/h2-4,6-7,10-15,20,28,35H,5,8-9,16-19H2,1H3,(H,31,34). The number of rotatable bonds is 8. The van der Waals surface area contributed by atoms with Crippen molar-refractivity contribution in [2.24, 2.45) is 0 Å². The Balaban J connectivity index is 1.24. The summed E-state index contributed by atoms with van der Waals surface area (Å²) in [5, 5.41) is 13.4. The normalized spacial score (nSPS) is 14.4. The molecule has 3 aromatic rings. The lowest BCUT2D eigenvalue weighted by Gasteiger charge is -2.37. The maximum absolute atomic E-state index is 14.2. The van der Waals surface area contributed by atoms with Gasteiger partial charge in [0.25, 0.3) is 5.91 Å². The molecule has 7 heteroatoms. The second-order valence-corrected chi connectivity index (χ2v) is 9.17. The van der Waals surface area contributed by atoms with Crippen molar-refractivity contribution in [1.82, 2.24) is 4.90 Å². The summed E-state index contributed by atoms with van der Waals surface area (Å²) in [7, 11) is 0. The highest BCUT2D eigenvalue weighted by Gasteiger charge is 2.29. The van der Waals surface area contributed by atoms with Gasteiger partial charge in [-0.15, -0.1) is 0 Å². The number of piperazine rings is 1. The van der Waals surface area contributed by atoms with Gasteiger partial charge in [0.15, 0.2) is 6.10 Å². The summed E-state index contributed by atoms with van der Waals surface area (Å²) < 4.78 is 14.2. The van der Waals surface area contributed by atoms with Crippen molar-refractivity contribution in [3.8, 4) is 0 Å². The minimum Gasteiger partial charge on any atom is -0.378 e. The molecule has 0 aliphatic carbocycles. The fourth-order valence-electron chi connectivity index (χ4n) is 4.42. The highest BCUT2D eigenvalue weighted by Crippen LogP contribution is 2.23. The Morgan fingerprint density at radius 3 is 2.33 bits per heavy atom. The molecule has 36 heavy (non-hydrogen) atoms. The topological polar surface area (TPSA) is 72.9 Å². The van der Waals surface area contributed by atoms with E-state index in [1.54, 1.807) is 17.9 Å². The van der Waals surface area contributed by atoms with Gasteiger partial charge in [-0.1, -0.05) is 42.5 Å². The van der Waals surface area contributed by atoms with E-state index in [1.807, 2.05) is 42.5 Å². The lowest BCUT2D eigenvalue weighted by molar-refractivity contribution is -0.141. The molecule has 1 aliphatic heterocycles. The van der Waals surface area contributed by atoms with Gasteiger partial charge < -0.3 is 20.2 Å². The number of aliphatic hydroxyl groups excluding tert-OH is 1. The first-order valence-corrected chi connectivity index (χ1v) is 12.3. The van der Waals surface area contributed by atoms with Crippen molar-refractivity contribution in [3.05, 3.63) is 95.3 Å². The number of hydrogen-bond donors (Lipinski definition) is 2. The Morgan fingerprint density at radius 1 is 0.972 bits per heavy atom. The fraction of sp³-hybridized carbons (Fsp3) is 0.310. The number of aryl methyl sites for hydroxylation is 2. The highest BCUT2D eigenvalue weighted by molar-refractivity contribution is 5.90. The van der Waals surface area contributed by atoms with Crippen LogP contribution in [-0.4, -0.2) is 48.0 Å². The lowest BCUT2D eigenvalue weighted by atomic mass is 10.0. The minimum absolute atomic E-state index is 0.00520. The van der Waals surface area contributed by atoms with Gasteiger partial charge in [-0.3, -0.25) is 9.59 Å². The molecule has 0 radical (unpaired) electrons. The molecule has 1 aliphatic rings. The Morgan fingerprint density at radius 2 is 1.67 bits per heavy atom. The number of amides is 2. The van der Waals surface area contributed by atoms with E-state index in [9.17, 15) is 19.1 Å². The molecule has 0 bridgehead atoms. The van der Waals surface area contributed by atoms with E-state index < -0.39 is 17.8 Å². The maximum atomic E-state index is 14.2. The molecule has 1 heterocycles. The van der Waals surface area contributed by atoms with Crippen LogP contribution in [0.1, 0.15) is 35.6 Å². The summed E-state index contributed by atoms with van der Waals surface area (Å²) in [4.78, 5) is 28.7. The second kappa shape index (κ2) is 11.8. The van der Waals surface area contributed by atoms with E-state index >= 15 is 0 Å². The number of nitrogens with zero attached hydrogens (tertiary/aromatic N) is 2. The molecular formula is C29H32FN3O3. The average molecular weight is 490 g/mol. The van der Waals surface area contributed by atoms with E-state index in [0.717, 1.165) is 29.8 Å². The largest absolute Gasteiger partial charge is 0.378 e. The quantitative estimate of drug-likeness (QED) is 0.490. The zero-order valence-corrected chi connectivity index (χ0v) is 20.5. The second-order valence-electron chi connectivity index (χ2n) is 9.17. The van der Waals surface area contributed by atoms with Gasteiger partial charge >= 0.3 is 0 Å². The van der Waals surface area contributed by atoms with Crippen LogP contribution < -0.4 is 10.2 Å². The van der Waals surface area contributed by atoms with Gasteiger partial charge in [0.1, 0.15) is 5.82 Å². The average Bonchev–Trinajstić information content (AvgIpc) is 2.89. The molecule has 4 rings (SSSR count). The van der Waals surface area contributed by atoms with Crippen LogP contribution in [0, 0.1) is 12.7 Å². The third-order valence-corrected chi connectivity index (χ3v) is 6.50. The zero-order chi connectivity index (χ0) is 25.5. The van der Waals surface area contributed by atoms with Gasteiger partial charge in [0.2, 0.25) is 5.91 Å². The van der Waals surface area contributed by atoms with Gasteiger partial charge in [0, 0.05) is 49.5 Å². The molecule has 1 fully saturated rings. The van der Waals surface area contributed by atoms with Gasteiger partial charge in [-0.05, 0) is 61.2 Å². The summed E-state index contributed by atoms with van der Waals surface area (Å²) in [6, 6.07) is 22.3. The number of benzene rings is 3. The van der Waals surface area contributed by atoms with Crippen LogP contribution in [0.3, 0.4) is 0 Å². The van der Waals surface area contributed by atoms with Crippen molar-refractivity contribution in [2.45, 2.75) is 32.3 Å². The number of anilines is 2. The molecular weight excluding hydrogens is 457 g/mol. The Kier molecular flexibility index (Phi) is 8.33. The van der Waals surface area contributed by atoms with Crippen molar-refractivity contribution < 1.29 is 19.1 Å². The highest BCUT2D eigenvalue weighted by atomic mass is 19.1. The van der Waals surface area contributed by atoms with Crippen LogP contribution in [0.15, 0.2) is 72.8 Å². The Hall–Kier alpha value is -3.71. The number of carbonyl (C=O) groups excluding carboxylic acids is 2. The van der Waals surface area contributed by atoms with Crippen LogP contribution in [0.4, 0.5) is 15.8 Å². The molecule has 6 nitrogen and oxygen atoms in total. The molecule has 0 saturated carbocycles. The first-order valence-electron chi connectivity index (χ1n) is 12.3. The SMILES string of the molecule is Cc1ccc(C(O)C(=O)N2CCN(c3ccc(NC(=O)CCCc4ccccc4)cc3)CC2)c(F)c1. The lowest BCUT2D eigenvalue weighted by Crippen LogP contribution is -2.50. The Labute approximate surface area is 211 Å². The third-order valence-electron chi connectivity index (χ3n) is 6.50.